The SMILES string of the molecule is CNC(Cc1ccc(Br)cc1F)c1cc(C)c(Br)c(C)c1. The van der Waals surface area contributed by atoms with Gasteiger partial charge < -0.3 is 5.32 Å². The predicted octanol–water partition coefficient (Wildman–Crippen LogP) is 5.47. The Hall–Kier alpha value is -0.710. The standard InChI is InChI=1S/C17H18Br2FN/c1-10-6-13(7-11(2)17(10)19)16(21-3)8-12-4-5-14(18)9-15(12)20/h4-7,9,16,21H,8H2,1-3H3. The molecule has 0 amide bonds. The van der Waals surface area contributed by atoms with Crippen LogP contribution in [-0.4, -0.2) is 7.05 Å². The molecule has 4 heteroatoms. The summed E-state index contributed by atoms with van der Waals surface area (Å²) < 4.78 is 15.9. The zero-order valence-corrected chi connectivity index (χ0v) is 15.5. The summed E-state index contributed by atoms with van der Waals surface area (Å²) >= 11 is 6.88. The van der Waals surface area contributed by atoms with Crippen LogP contribution in [0, 0.1) is 19.7 Å². The lowest BCUT2D eigenvalue weighted by Crippen LogP contribution is -2.19. The number of rotatable bonds is 4. The second kappa shape index (κ2) is 7.03. The van der Waals surface area contributed by atoms with E-state index in [1.54, 1.807) is 0 Å². The Morgan fingerprint density at radius 2 is 1.71 bits per heavy atom. The molecule has 0 bridgehead atoms. The molecule has 21 heavy (non-hydrogen) atoms. The molecule has 0 saturated carbocycles. The van der Waals surface area contributed by atoms with E-state index < -0.39 is 0 Å². The summed E-state index contributed by atoms with van der Waals surface area (Å²) in [6.07, 6.45) is 0.621. The summed E-state index contributed by atoms with van der Waals surface area (Å²) in [5.74, 6) is -0.171. The molecule has 0 aliphatic rings. The second-order valence-electron chi connectivity index (χ2n) is 5.25. The van der Waals surface area contributed by atoms with E-state index in [4.69, 9.17) is 0 Å². The molecule has 0 fully saturated rings. The minimum atomic E-state index is -0.171. The quantitative estimate of drug-likeness (QED) is 0.699. The Morgan fingerprint density at radius 3 is 2.24 bits per heavy atom. The second-order valence-corrected chi connectivity index (χ2v) is 6.96. The molecule has 112 valence electrons. The lowest BCUT2D eigenvalue weighted by molar-refractivity contribution is 0.553. The van der Waals surface area contributed by atoms with E-state index in [0.717, 1.165) is 14.5 Å². The van der Waals surface area contributed by atoms with E-state index >= 15 is 0 Å². The molecular weight excluding hydrogens is 397 g/mol. The first-order valence-corrected chi connectivity index (χ1v) is 8.38. The Balaban J connectivity index is 2.32. The van der Waals surface area contributed by atoms with Crippen LogP contribution in [0.3, 0.4) is 0 Å². The number of halogens is 3. The number of nitrogens with one attached hydrogen (secondary N) is 1. The van der Waals surface area contributed by atoms with E-state index in [9.17, 15) is 4.39 Å². The Bertz CT molecular complexity index is 632. The lowest BCUT2D eigenvalue weighted by Gasteiger charge is -2.19. The molecular formula is C17H18Br2FN. The average Bonchev–Trinajstić information content (AvgIpc) is 2.43. The van der Waals surface area contributed by atoms with Crippen molar-refractivity contribution >= 4 is 31.9 Å². The highest BCUT2D eigenvalue weighted by Gasteiger charge is 2.15. The predicted molar refractivity (Wildman–Crippen MR) is 93.2 cm³/mol. The van der Waals surface area contributed by atoms with Crippen LogP contribution in [0.15, 0.2) is 39.3 Å². The van der Waals surface area contributed by atoms with Crippen LogP contribution in [-0.2, 0) is 6.42 Å². The van der Waals surface area contributed by atoms with Crippen molar-refractivity contribution in [1.29, 1.82) is 0 Å². The highest BCUT2D eigenvalue weighted by atomic mass is 79.9. The van der Waals surface area contributed by atoms with Gasteiger partial charge in [0, 0.05) is 15.0 Å². The molecule has 1 nitrogen and oxygen atoms in total. The fourth-order valence-corrected chi connectivity index (χ4v) is 3.04. The van der Waals surface area contributed by atoms with Crippen molar-refractivity contribution < 1.29 is 4.39 Å². The summed E-state index contributed by atoms with van der Waals surface area (Å²) in [6, 6.07) is 9.61. The molecule has 0 saturated heterocycles. The monoisotopic (exact) mass is 413 g/mol. The van der Waals surface area contributed by atoms with Crippen molar-refractivity contribution in [3.05, 3.63) is 67.3 Å². The molecule has 0 heterocycles. The third kappa shape index (κ3) is 3.93. The van der Waals surface area contributed by atoms with Gasteiger partial charge in [-0.2, -0.15) is 0 Å². The summed E-state index contributed by atoms with van der Waals surface area (Å²) in [5.41, 5.74) is 4.29. The summed E-state index contributed by atoms with van der Waals surface area (Å²) in [4.78, 5) is 0. The van der Waals surface area contributed by atoms with Gasteiger partial charge >= 0.3 is 0 Å². The molecule has 1 N–H and O–H groups in total. The van der Waals surface area contributed by atoms with Crippen LogP contribution in [0.2, 0.25) is 0 Å². The fourth-order valence-electron chi connectivity index (χ4n) is 2.47. The fraction of sp³-hybridized carbons (Fsp3) is 0.294. The third-order valence-electron chi connectivity index (χ3n) is 3.65. The zero-order valence-electron chi connectivity index (χ0n) is 12.3. The van der Waals surface area contributed by atoms with Crippen molar-refractivity contribution in [3.63, 3.8) is 0 Å². The molecule has 2 aromatic carbocycles. The molecule has 0 radical (unpaired) electrons. The van der Waals surface area contributed by atoms with Crippen molar-refractivity contribution in [1.82, 2.24) is 5.32 Å². The molecule has 0 aliphatic carbocycles. The average molecular weight is 415 g/mol. The summed E-state index contributed by atoms with van der Waals surface area (Å²) in [7, 11) is 1.91. The maximum Gasteiger partial charge on any atom is 0.127 e. The first-order valence-electron chi connectivity index (χ1n) is 6.80. The van der Waals surface area contributed by atoms with Gasteiger partial charge in [0.05, 0.1) is 0 Å². The van der Waals surface area contributed by atoms with E-state index in [0.29, 0.717) is 6.42 Å². The molecule has 1 unspecified atom stereocenters. The van der Waals surface area contributed by atoms with Crippen LogP contribution in [0.25, 0.3) is 0 Å². The van der Waals surface area contributed by atoms with Crippen LogP contribution >= 0.6 is 31.9 Å². The van der Waals surface area contributed by atoms with Gasteiger partial charge in [0.2, 0.25) is 0 Å². The highest BCUT2D eigenvalue weighted by molar-refractivity contribution is 9.10. The molecule has 2 rings (SSSR count). The van der Waals surface area contributed by atoms with Gasteiger partial charge in [0.25, 0.3) is 0 Å². The Morgan fingerprint density at radius 1 is 1.10 bits per heavy atom. The maximum absolute atomic E-state index is 14.0. The minimum absolute atomic E-state index is 0.0891. The van der Waals surface area contributed by atoms with Crippen molar-refractivity contribution in [2.75, 3.05) is 7.05 Å². The van der Waals surface area contributed by atoms with Crippen LogP contribution < -0.4 is 5.32 Å². The van der Waals surface area contributed by atoms with Gasteiger partial charge in [0.15, 0.2) is 0 Å². The molecule has 0 spiro atoms. The summed E-state index contributed by atoms with van der Waals surface area (Å²) in [6.45, 7) is 4.15. The van der Waals surface area contributed by atoms with Crippen LogP contribution in [0.4, 0.5) is 4.39 Å². The van der Waals surface area contributed by atoms with E-state index in [1.807, 2.05) is 19.2 Å². The number of benzene rings is 2. The van der Waals surface area contributed by atoms with Gasteiger partial charge in [0.1, 0.15) is 5.82 Å². The van der Waals surface area contributed by atoms with E-state index in [2.05, 4.69) is 63.2 Å². The lowest BCUT2D eigenvalue weighted by atomic mass is 9.96. The number of aryl methyl sites for hydroxylation is 2. The van der Waals surface area contributed by atoms with Crippen molar-refractivity contribution in [3.8, 4) is 0 Å². The molecule has 2 aromatic rings. The Kier molecular flexibility index (Phi) is 5.58. The van der Waals surface area contributed by atoms with E-state index in [-0.39, 0.29) is 11.9 Å². The van der Waals surface area contributed by atoms with Gasteiger partial charge in [-0.25, -0.2) is 4.39 Å². The maximum atomic E-state index is 14.0. The van der Waals surface area contributed by atoms with Crippen molar-refractivity contribution in [2.45, 2.75) is 26.3 Å². The Labute approximate surface area is 142 Å². The number of hydrogen-bond donors (Lipinski definition) is 1. The molecule has 1 atom stereocenters. The first-order chi connectivity index (χ1) is 9.92. The van der Waals surface area contributed by atoms with Crippen LogP contribution in [0.5, 0.6) is 0 Å². The van der Waals surface area contributed by atoms with Crippen LogP contribution in [0.1, 0.15) is 28.3 Å². The largest absolute Gasteiger partial charge is 0.313 e. The van der Waals surface area contributed by atoms with E-state index in [1.165, 1.54) is 22.8 Å². The van der Waals surface area contributed by atoms with Crippen molar-refractivity contribution in [2.24, 2.45) is 0 Å². The molecule has 0 aromatic heterocycles. The topological polar surface area (TPSA) is 12.0 Å². The van der Waals surface area contributed by atoms with Gasteiger partial charge in [-0.15, -0.1) is 0 Å². The number of likely N-dealkylation sites (N-methyl/N-ethyl adjacent to an activating group) is 1. The van der Waals surface area contributed by atoms with Gasteiger partial charge in [-0.3, -0.25) is 0 Å². The number of hydrogen-bond acceptors (Lipinski definition) is 1. The van der Waals surface area contributed by atoms with Gasteiger partial charge in [-0.05, 0) is 61.7 Å². The molecule has 0 aliphatic heterocycles. The summed E-state index contributed by atoms with van der Waals surface area (Å²) in [5, 5.41) is 3.29. The first kappa shape index (κ1) is 16.7. The van der Waals surface area contributed by atoms with Gasteiger partial charge in [-0.1, -0.05) is 50.1 Å². The normalized spacial score (nSPS) is 12.5. The zero-order chi connectivity index (χ0) is 15.6. The third-order valence-corrected chi connectivity index (χ3v) is 5.39. The highest BCUT2D eigenvalue weighted by Crippen LogP contribution is 2.28. The minimum Gasteiger partial charge on any atom is -0.313 e. The smallest absolute Gasteiger partial charge is 0.127 e.